The lowest BCUT2D eigenvalue weighted by molar-refractivity contribution is -0.123. The van der Waals surface area contributed by atoms with Crippen LogP contribution in [0.4, 0.5) is 0 Å². The highest BCUT2D eigenvalue weighted by atomic mass is 16.2. The van der Waals surface area contributed by atoms with E-state index in [1.807, 2.05) is 0 Å². The molecule has 22 heavy (non-hydrogen) atoms. The number of amides is 2. The predicted molar refractivity (Wildman–Crippen MR) is 80.2 cm³/mol. The molecule has 1 heterocycles. The normalized spacial score (nSPS) is 16.5. The van der Waals surface area contributed by atoms with Crippen molar-refractivity contribution < 1.29 is 9.59 Å². The van der Waals surface area contributed by atoms with Crippen molar-refractivity contribution in [3.63, 3.8) is 0 Å². The summed E-state index contributed by atoms with van der Waals surface area (Å²) in [7, 11) is 0. The zero-order valence-corrected chi connectivity index (χ0v) is 11.9. The number of nitrogens with zero attached hydrogens (tertiary/aromatic N) is 1. The largest absolute Gasteiger partial charge is 0.368 e. The first-order valence-corrected chi connectivity index (χ1v) is 7.13. The van der Waals surface area contributed by atoms with Gasteiger partial charge in [-0.05, 0) is 18.9 Å². The zero-order valence-electron chi connectivity index (χ0n) is 11.9. The number of nitrogens with two attached hydrogens (primary N) is 1. The van der Waals surface area contributed by atoms with Crippen LogP contribution in [0.15, 0.2) is 29.1 Å². The van der Waals surface area contributed by atoms with Crippen molar-refractivity contribution in [2.45, 2.75) is 31.2 Å². The SMILES string of the molecule is NC(=O)C1(NC(=O)c2n[nH]c(=O)c3ccccc23)CCCC1. The minimum Gasteiger partial charge on any atom is -0.368 e. The molecule has 2 amide bonds. The lowest BCUT2D eigenvalue weighted by Gasteiger charge is -2.26. The summed E-state index contributed by atoms with van der Waals surface area (Å²) >= 11 is 0. The lowest BCUT2D eigenvalue weighted by atomic mass is 9.96. The van der Waals surface area contributed by atoms with Crippen LogP contribution < -0.4 is 16.6 Å². The van der Waals surface area contributed by atoms with Crippen LogP contribution in [0.3, 0.4) is 0 Å². The Labute approximate surface area is 125 Å². The molecular weight excluding hydrogens is 284 g/mol. The van der Waals surface area contributed by atoms with Gasteiger partial charge in [0.15, 0.2) is 5.69 Å². The summed E-state index contributed by atoms with van der Waals surface area (Å²) in [5.74, 6) is -1.04. The molecule has 114 valence electrons. The van der Waals surface area contributed by atoms with E-state index in [4.69, 9.17) is 5.73 Å². The number of H-pyrrole nitrogens is 1. The molecule has 2 aromatic rings. The summed E-state index contributed by atoms with van der Waals surface area (Å²) in [6, 6.07) is 6.70. The molecule has 7 heteroatoms. The van der Waals surface area contributed by atoms with E-state index in [2.05, 4.69) is 15.5 Å². The van der Waals surface area contributed by atoms with E-state index < -0.39 is 17.4 Å². The minimum atomic E-state index is -1.02. The third kappa shape index (κ3) is 2.24. The molecule has 1 aromatic carbocycles. The van der Waals surface area contributed by atoms with Gasteiger partial charge >= 0.3 is 0 Å². The molecule has 0 unspecified atom stereocenters. The Kier molecular flexibility index (Phi) is 3.40. The van der Waals surface area contributed by atoms with Gasteiger partial charge in [-0.15, -0.1) is 0 Å². The van der Waals surface area contributed by atoms with Crippen molar-refractivity contribution in [3.05, 3.63) is 40.3 Å². The van der Waals surface area contributed by atoms with Crippen molar-refractivity contribution in [1.82, 2.24) is 15.5 Å². The number of rotatable bonds is 3. The van der Waals surface area contributed by atoms with Crippen LogP contribution in [0, 0.1) is 0 Å². The summed E-state index contributed by atoms with van der Waals surface area (Å²) in [5, 5.41) is 9.69. The first-order chi connectivity index (χ1) is 10.5. The highest BCUT2D eigenvalue weighted by Crippen LogP contribution is 2.29. The molecule has 1 aliphatic rings. The smallest absolute Gasteiger partial charge is 0.273 e. The van der Waals surface area contributed by atoms with Crippen LogP contribution in [0.5, 0.6) is 0 Å². The second kappa shape index (κ2) is 5.25. The monoisotopic (exact) mass is 300 g/mol. The third-order valence-electron chi connectivity index (χ3n) is 4.19. The number of fused-ring (bicyclic) bond motifs is 1. The number of aromatic nitrogens is 2. The number of hydrogen-bond acceptors (Lipinski definition) is 4. The number of nitrogens with one attached hydrogen (secondary N) is 2. The van der Waals surface area contributed by atoms with Gasteiger partial charge in [0.1, 0.15) is 5.54 Å². The molecule has 0 aliphatic heterocycles. The topological polar surface area (TPSA) is 118 Å². The van der Waals surface area contributed by atoms with Gasteiger partial charge in [-0.25, -0.2) is 5.10 Å². The van der Waals surface area contributed by atoms with Gasteiger partial charge in [-0.2, -0.15) is 5.10 Å². The van der Waals surface area contributed by atoms with Crippen LogP contribution in [-0.4, -0.2) is 27.6 Å². The van der Waals surface area contributed by atoms with Crippen LogP contribution >= 0.6 is 0 Å². The third-order valence-corrected chi connectivity index (χ3v) is 4.19. The fraction of sp³-hybridized carbons (Fsp3) is 0.333. The molecule has 1 aliphatic carbocycles. The fourth-order valence-electron chi connectivity index (χ4n) is 2.98. The Morgan fingerprint density at radius 3 is 2.45 bits per heavy atom. The van der Waals surface area contributed by atoms with Crippen LogP contribution in [0.25, 0.3) is 10.8 Å². The average molecular weight is 300 g/mol. The standard InChI is InChI=1S/C15H16N4O3/c16-14(22)15(7-3-4-8-15)17-13(21)11-9-5-1-2-6-10(9)12(20)19-18-11/h1-2,5-6H,3-4,7-8H2,(H2,16,22)(H,17,21)(H,19,20). The first-order valence-electron chi connectivity index (χ1n) is 7.13. The average Bonchev–Trinajstić information content (AvgIpc) is 2.97. The van der Waals surface area contributed by atoms with Crippen LogP contribution in [0.2, 0.25) is 0 Å². The zero-order chi connectivity index (χ0) is 15.7. The highest BCUT2D eigenvalue weighted by molar-refractivity contribution is 6.06. The molecule has 1 aromatic heterocycles. The summed E-state index contributed by atoms with van der Waals surface area (Å²) in [5.41, 5.74) is 4.17. The molecular formula is C15H16N4O3. The van der Waals surface area contributed by atoms with Crippen LogP contribution in [0.1, 0.15) is 36.2 Å². The number of aromatic amines is 1. The molecule has 7 nitrogen and oxygen atoms in total. The molecule has 0 saturated heterocycles. The number of benzene rings is 1. The maximum atomic E-state index is 12.5. The van der Waals surface area contributed by atoms with E-state index in [1.54, 1.807) is 24.3 Å². The van der Waals surface area contributed by atoms with Gasteiger partial charge in [-0.3, -0.25) is 14.4 Å². The molecule has 0 spiro atoms. The molecule has 0 bridgehead atoms. The van der Waals surface area contributed by atoms with E-state index in [9.17, 15) is 14.4 Å². The van der Waals surface area contributed by atoms with Crippen molar-refractivity contribution in [3.8, 4) is 0 Å². The van der Waals surface area contributed by atoms with Gasteiger partial charge in [0.2, 0.25) is 5.91 Å². The van der Waals surface area contributed by atoms with Gasteiger partial charge < -0.3 is 11.1 Å². The molecule has 0 radical (unpaired) electrons. The van der Waals surface area contributed by atoms with E-state index >= 15 is 0 Å². The van der Waals surface area contributed by atoms with Crippen molar-refractivity contribution in [2.75, 3.05) is 0 Å². The second-order valence-corrected chi connectivity index (χ2v) is 5.55. The Balaban J connectivity index is 2.01. The Morgan fingerprint density at radius 1 is 1.18 bits per heavy atom. The fourth-order valence-corrected chi connectivity index (χ4v) is 2.98. The van der Waals surface area contributed by atoms with Gasteiger partial charge in [0.25, 0.3) is 11.5 Å². The van der Waals surface area contributed by atoms with E-state index in [1.165, 1.54) is 0 Å². The molecule has 3 rings (SSSR count). The minimum absolute atomic E-state index is 0.0859. The number of carbonyl (C=O) groups is 2. The van der Waals surface area contributed by atoms with Gasteiger partial charge in [0, 0.05) is 5.39 Å². The van der Waals surface area contributed by atoms with Gasteiger partial charge in [-0.1, -0.05) is 31.0 Å². The maximum Gasteiger partial charge on any atom is 0.273 e. The quantitative estimate of drug-likeness (QED) is 0.762. The lowest BCUT2D eigenvalue weighted by Crippen LogP contribution is -2.55. The summed E-state index contributed by atoms with van der Waals surface area (Å²) in [6.07, 6.45) is 2.72. The predicted octanol–water partition coefficient (Wildman–Crippen LogP) is 0.451. The molecule has 1 fully saturated rings. The highest BCUT2D eigenvalue weighted by Gasteiger charge is 2.41. The summed E-state index contributed by atoms with van der Waals surface area (Å²) in [6.45, 7) is 0. The molecule has 1 saturated carbocycles. The van der Waals surface area contributed by atoms with E-state index in [0.717, 1.165) is 12.8 Å². The van der Waals surface area contributed by atoms with Crippen molar-refractivity contribution in [1.29, 1.82) is 0 Å². The second-order valence-electron chi connectivity index (χ2n) is 5.55. The van der Waals surface area contributed by atoms with Gasteiger partial charge in [0.05, 0.1) is 5.39 Å². The first kappa shape index (κ1) is 14.2. The maximum absolute atomic E-state index is 12.5. The Morgan fingerprint density at radius 2 is 1.82 bits per heavy atom. The Hall–Kier alpha value is -2.70. The Bertz CT molecular complexity index is 806. The molecule has 4 N–H and O–H groups in total. The number of carbonyl (C=O) groups excluding carboxylic acids is 2. The molecule has 0 atom stereocenters. The van der Waals surface area contributed by atoms with E-state index in [-0.39, 0.29) is 11.3 Å². The van der Waals surface area contributed by atoms with Crippen LogP contribution in [-0.2, 0) is 4.79 Å². The number of hydrogen-bond donors (Lipinski definition) is 3. The van der Waals surface area contributed by atoms with E-state index in [0.29, 0.717) is 23.6 Å². The summed E-state index contributed by atoms with van der Waals surface area (Å²) in [4.78, 5) is 36.0. The number of primary amides is 1. The summed E-state index contributed by atoms with van der Waals surface area (Å²) < 4.78 is 0. The van der Waals surface area contributed by atoms with Crippen molar-refractivity contribution >= 4 is 22.6 Å². The van der Waals surface area contributed by atoms with Crippen molar-refractivity contribution in [2.24, 2.45) is 5.73 Å².